The van der Waals surface area contributed by atoms with Crippen LogP contribution in [0.3, 0.4) is 0 Å². The number of nitrogens with zero attached hydrogens (tertiary/aromatic N) is 2. The molecule has 1 saturated carbocycles. The Morgan fingerprint density at radius 2 is 2.08 bits per heavy atom. The van der Waals surface area contributed by atoms with Crippen LogP contribution in [-0.2, 0) is 4.79 Å². The van der Waals surface area contributed by atoms with Crippen LogP contribution in [0.5, 0.6) is 5.75 Å². The predicted molar refractivity (Wildman–Crippen MR) is 84.0 cm³/mol. The minimum Gasteiger partial charge on any atom is -0.491 e. The molecule has 24 heavy (non-hydrogen) atoms. The third-order valence-corrected chi connectivity index (χ3v) is 4.51. The summed E-state index contributed by atoms with van der Waals surface area (Å²) in [7, 11) is 0. The number of β-amino-alcohol motifs (C(OH)–C–C–N with tert-alkyl or cyclic N) is 1. The summed E-state index contributed by atoms with van der Waals surface area (Å²) >= 11 is 0. The summed E-state index contributed by atoms with van der Waals surface area (Å²) in [6.45, 7) is 1.58. The summed E-state index contributed by atoms with van der Waals surface area (Å²) in [5.74, 6) is 0.409. The van der Waals surface area contributed by atoms with E-state index >= 15 is 0 Å². The fraction of sp³-hybridized carbons (Fsp3) is 0.471. The minimum atomic E-state index is -0.989. The number of carbonyl (C=O) groups is 2. The summed E-state index contributed by atoms with van der Waals surface area (Å²) in [6.07, 6.45) is 0.874. The highest BCUT2D eigenvalue weighted by atomic mass is 16.5. The topological polar surface area (TPSA) is 103 Å². The van der Waals surface area contributed by atoms with Gasteiger partial charge in [0.2, 0.25) is 0 Å². The van der Waals surface area contributed by atoms with Crippen LogP contribution in [0, 0.1) is 17.2 Å². The summed E-state index contributed by atoms with van der Waals surface area (Å²) < 4.78 is 5.43. The van der Waals surface area contributed by atoms with Crippen molar-refractivity contribution in [3.8, 4) is 11.8 Å². The molecule has 1 aromatic carbocycles. The van der Waals surface area contributed by atoms with Crippen molar-refractivity contribution >= 4 is 11.9 Å². The van der Waals surface area contributed by atoms with Crippen LogP contribution in [0.4, 0.5) is 4.79 Å². The molecular weight excluding hydrogens is 310 g/mol. The maximum Gasteiger partial charge on any atom is 0.325 e. The van der Waals surface area contributed by atoms with Crippen molar-refractivity contribution in [3.63, 3.8) is 0 Å². The van der Waals surface area contributed by atoms with E-state index in [9.17, 15) is 14.7 Å². The molecule has 0 aromatic heterocycles. The number of rotatable bonds is 6. The molecular formula is C17H19N3O4. The highest BCUT2D eigenvalue weighted by Crippen LogP contribution is 2.42. The van der Waals surface area contributed by atoms with Gasteiger partial charge in [-0.15, -0.1) is 0 Å². The lowest BCUT2D eigenvalue weighted by atomic mass is 9.96. The van der Waals surface area contributed by atoms with Crippen molar-refractivity contribution in [2.45, 2.75) is 31.4 Å². The molecule has 2 N–H and O–H groups in total. The molecule has 1 heterocycles. The molecule has 2 unspecified atom stereocenters. The Labute approximate surface area is 139 Å². The first kappa shape index (κ1) is 16.3. The SMILES string of the molecule is CC1(C2CC2)NC(=O)N(CC(O)COc2ccc(C#N)cc2)C1=O. The first-order valence-corrected chi connectivity index (χ1v) is 7.89. The van der Waals surface area contributed by atoms with Gasteiger partial charge < -0.3 is 15.2 Å². The van der Waals surface area contributed by atoms with E-state index in [1.165, 1.54) is 0 Å². The standard InChI is InChI=1S/C17H19N3O4/c1-17(12-4-5-12)15(22)20(16(23)19-17)9-13(21)10-24-14-6-2-11(8-18)3-7-14/h2-3,6-7,12-13,21H,4-5,9-10H2,1H3,(H,19,23). The van der Waals surface area contributed by atoms with Crippen LogP contribution in [0.1, 0.15) is 25.3 Å². The van der Waals surface area contributed by atoms with E-state index in [-0.39, 0.29) is 25.0 Å². The molecule has 0 radical (unpaired) electrons. The molecule has 0 bridgehead atoms. The Balaban J connectivity index is 1.54. The number of aliphatic hydroxyl groups excluding tert-OH is 1. The van der Waals surface area contributed by atoms with Gasteiger partial charge in [-0.25, -0.2) is 4.79 Å². The quantitative estimate of drug-likeness (QED) is 0.759. The van der Waals surface area contributed by atoms with Crippen LogP contribution in [-0.4, -0.2) is 46.7 Å². The second-order valence-corrected chi connectivity index (χ2v) is 6.42. The van der Waals surface area contributed by atoms with Gasteiger partial charge in [-0.1, -0.05) is 0 Å². The van der Waals surface area contributed by atoms with Gasteiger partial charge in [-0.3, -0.25) is 9.69 Å². The average molecular weight is 329 g/mol. The van der Waals surface area contributed by atoms with Crippen LogP contribution in [0.25, 0.3) is 0 Å². The maximum atomic E-state index is 12.5. The Kier molecular flexibility index (Phi) is 4.16. The van der Waals surface area contributed by atoms with Gasteiger partial charge >= 0.3 is 6.03 Å². The van der Waals surface area contributed by atoms with Crippen molar-refractivity contribution in [2.75, 3.05) is 13.2 Å². The van der Waals surface area contributed by atoms with E-state index in [1.54, 1.807) is 31.2 Å². The average Bonchev–Trinajstić information content (AvgIpc) is 3.40. The summed E-state index contributed by atoms with van der Waals surface area (Å²) in [6, 6.07) is 8.02. The zero-order valence-corrected chi connectivity index (χ0v) is 13.4. The molecule has 1 saturated heterocycles. The molecule has 1 aromatic rings. The van der Waals surface area contributed by atoms with Gasteiger partial charge in [0.25, 0.3) is 5.91 Å². The minimum absolute atomic E-state index is 0.0525. The van der Waals surface area contributed by atoms with E-state index in [2.05, 4.69) is 5.32 Å². The monoisotopic (exact) mass is 329 g/mol. The smallest absolute Gasteiger partial charge is 0.325 e. The number of benzene rings is 1. The van der Waals surface area contributed by atoms with Gasteiger partial charge in [0.05, 0.1) is 18.2 Å². The first-order chi connectivity index (χ1) is 11.4. The second kappa shape index (κ2) is 6.13. The van der Waals surface area contributed by atoms with Gasteiger partial charge in [0.1, 0.15) is 24.0 Å². The molecule has 126 valence electrons. The van der Waals surface area contributed by atoms with Crippen molar-refractivity contribution in [1.82, 2.24) is 10.2 Å². The van der Waals surface area contributed by atoms with Crippen LogP contribution < -0.4 is 10.1 Å². The Morgan fingerprint density at radius 1 is 1.42 bits per heavy atom. The van der Waals surface area contributed by atoms with E-state index in [1.807, 2.05) is 6.07 Å². The molecule has 7 heteroatoms. The molecule has 2 aliphatic rings. The fourth-order valence-corrected chi connectivity index (χ4v) is 2.90. The van der Waals surface area contributed by atoms with Crippen molar-refractivity contribution < 1.29 is 19.4 Å². The van der Waals surface area contributed by atoms with Gasteiger partial charge in [-0.05, 0) is 49.9 Å². The molecule has 3 rings (SSSR count). The predicted octanol–water partition coefficient (Wildman–Crippen LogP) is 1.02. The number of aliphatic hydroxyl groups is 1. The van der Waals surface area contributed by atoms with Crippen molar-refractivity contribution in [2.24, 2.45) is 5.92 Å². The number of amides is 3. The maximum absolute atomic E-state index is 12.5. The fourth-order valence-electron chi connectivity index (χ4n) is 2.90. The summed E-state index contributed by atoms with van der Waals surface area (Å²) in [4.78, 5) is 25.5. The van der Waals surface area contributed by atoms with E-state index in [0.717, 1.165) is 17.7 Å². The number of urea groups is 1. The Morgan fingerprint density at radius 3 is 2.67 bits per heavy atom. The van der Waals surface area contributed by atoms with Crippen molar-refractivity contribution in [1.29, 1.82) is 5.26 Å². The summed E-state index contributed by atoms with van der Waals surface area (Å²) in [5, 5.41) is 21.6. The molecule has 1 aliphatic heterocycles. The number of carbonyl (C=O) groups excluding carboxylic acids is 2. The van der Waals surface area contributed by atoms with Crippen molar-refractivity contribution in [3.05, 3.63) is 29.8 Å². The number of ether oxygens (including phenoxy) is 1. The highest BCUT2D eigenvalue weighted by Gasteiger charge is 2.56. The van der Waals surface area contributed by atoms with Crippen LogP contribution in [0.15, 0.2) is 24.3 Å². The Hall–Kier alpha value is -2.59. The first-order valence-electron chi connectivity index (χ1n) is 7.89. The second-order valence-electron chi connectivity index (χ2n) is 6.42. The Bertz CT molecular complexity index is 693. The van der Waals surface area contributed by atoms with Crippen LogP contribution >= 0.6 is 0 Å². The lowest BCUT2D eigenvalue weighted by Gasteiger charge is -2.22. The normalized spacial score (nSPS) is 24.5. The van der Waals surface area contributed by atoms with E-state index in [4.69, 9.17) is 10.00 Å². The number of nitriles is 1. The van der Waals surface area contributed by atoms with E-state index < -0.39 is 17.7 Å². The molecule has 3 amide bonds. The largest absolute Gasteiger partial charge is 0.491 e. The zero-order valence-electron chi connectivity index (χ0n) is 13.4. The lowest BCUT2D eigenvalue weighted by Crippen LogP contribution is -2.46. The molecule has 2 atom stereocenters. The van der Waals surface area contributed by atoms with Gasteiger partial charge in [0, 0.05) is 0 Å². The van der Waals surface area contributed by atoms with Gasteiger partial charge in [0.15, 0.2) is 0 Å². The molecule has 2 fully saturated rings. The molecule has 0 spiro atoms. The summed E-state index contributed by atoms with van der Waals surface area (Å²) in [5.41, 5.74) is -0.327. The number of nitrogens with one attached hydrogen (secondary N) is 1. The lowest BCUT2D eigenvalue weighted by molar-refractivity contribution is -0.132. The number of hydrogen-bond donors (Lipinski definition) is 2. The van der Waals surface area contributed by atoms with Gasteiger partial charge in [-0.2, -0.15) is 5.26 Å². The third kappa shape index (κ3) is 3.05. The number of hydrogen-bond acceptors (Lipinski definition) is 5. The number of imide groups is 1. The van der Waals surface area contributed by atoms with Crippen LogP contribution in [0.2, 0.25) is 0 Å². The molecule has 1 aliphatic carbocycles. The zero-order chi connectivity index (χ0) is 17.3. The third-order valence-electron chi connectivity index (χ3n) is 4.51. The molecule has 7 nitrogen and oxygen atoms in total. The van der Waals surface area contributed by atoms with E-state index in [0.29, 0.717) is 11.3 Å². The highest BCUT2D eigenvalue weighted by molar-refractivity contribution is 6.07.